The first-order valence-electron chi connectivity index (χ1n) is 6.94. The molecule has 1 saturated carbocycles. The van der Waals surface area contributed by atoms with E-state index in [1.807, 2.05) is 11.7 Å². The Morgan fingerprint density at radius 2 is 2.11 bits per heavy atom. The van der Waals surface area contributed by atoms with Gasteiger partial charge in [-0.3, -0.25) is 4.68 Å². The maximum absolute atomic E-state index is 4.48. The highest BCUT2D eigenvalue weighted by Gasteiger charge is 2.25. The molecule has 0 amide bonds. The Kier molecular flexibility index (Phi) is 4.07. The fourth-order valence-electron chi connectivity index (χ4n) is 2.67. The highest BCUT2D eigenvalue weighted by atomic mass is 15.3. The van der Waals surface area contributed by atoms with Crippen LogP contribution in [0.15, 0.2) is 0 Å². The zero-order valence-corrected chi connectivity index (χ0v) is 12.3. The molecular formula is C14H26N4. The number of aromatic nitrogens is 2. The van der Waals surface area contributed by atoms with Crippen molar-refractivity contribution in [3.05, 3.63) is 17.0 Å². The summed E-state index contributed by atoms with van der Waals surface area (Å²) < 4.78 is 1.97. The van der Waals surface area contributed by atoms with E-state index in [0.717, 1.165) is 24.8 Å². The molecule has 1 unspecified atom stereocenters. The summed E-state index contributed by atoms with van der Waals surface area (Å²) in [6.45, 7) is 8.64. The number of nitrogens with zero attached hydrogens (tertiary/aromatic N) is 3. The summed E-state index contributed by atoms with van der Waals surface area (Å²) in [7, 11) is 4.24. The van der Waals surface area contributed by atoms with Crippen LogP contribution in [0.2, 0.25) is 0 Å². The first kappa shape index (κ1) is 13.6. The van der Waals surface area contributed by atoms with E-state index in [0.29, 0.717) is 6.04 Å². The van der Waals surface area contributed by atoms with E-state index in [2.05, 4.69) is 43.1 Å². The molecule has 1 aliphatic rings. The van der Waals surface area contributed by atoms with Crippen LogP contribution in [0.1, 0.15) is 42.8 Å². The summed E-state index contributed by atoms with van der Waals surface area (Å²) >= 11 is 0. The van der Waals surface area contributed by atoms with Crippen LogP contribution in [0.25, 0.3) is 0 Å². The van der Waals surface area contributed by atoms with E-state index >= 15 is 0 Å². The standard InChI is InChI=1S/C14H26N4/c1-10(14-11(2)16-18(5)12(14)3)15-8-9-17(4)13-6-7-13/h10,13,15H,6-9H2,1-5H3. The highest BCUT2D eigenvalue weighted by molar-refractivity contribution is 5.27. The SMILES string of the molecule is Cc1nn(C)c(C)c1C(C)NCCN(C)C1CC1. The number of rotatable bonds is 6. The predicted octanol–water partition coefficient (Wildman–Crippen LogP) is 1.78. The van der Waals surface area contributed by atoms with Gasteiger partial charge in [0.25, 0.3) is 0 Å². The second-order valence-electron chi connectivity index (χ2n) is 5.60. The molecule has 102 valence electrons. The van der Waals surface area contributed by atoms with Gasteiger partial charge in [-0.1, -0.05) is 0 Å². The molecule has 4 nitrogen and oxygen atoms in total. The zero-order valence-electron chi connectivity index (χ0n) is 12.3. The number of aryl methyl sites for hydroxylation is 2. The van der Waals surface area contributed by atoms with Crippen molar-refractivity contribution in [2.45, 2.75) is 45.7 Å². The van der Waals surface area contributed by atoms with Crippen molar-refractivity contribution < 1.29 is 0 Å². The normalized spacial score (nSPS) is 17.4. The summed E-state index contributed by atoms with van der Waals surface area (Å²) in [6, 6.07) is 1.23. The molecule has 1 atom stereocenters. The second kappa shape index (κ2) is 5.41. The third-order valence-corrected chi connectivity index (χ3v) is 4.08. The minimum absolute atomic E-state index is 0.381. The summed E-state index contributed by atoms with van der Waals surface area (Å²) in [5, 5.41) is 8.09. The van der Waals surface area contributed by atoms with Crippen molar-refractivity contribution in [3.8, 4) is 0 Å². The van der Waals surface area contributed by atoms with Crippen LogP contribution in [0.3, 0.4) is 0 Å². The van der Waals surface area contributed by atoms with E-state index in [4.69, 9.17) is 0 Å². The van der Waals surface area contributed by atoms with E-state index < -0.39 is 0 Å². The van der Waals surface area contributed by atoms with Crippen LogP contribution in [0.4, 0.5) is 0 Å². The van der Waals surface area contributed by atoms with Crippen LogP contribution >= 0.6 is 0 Å². The Hall–Kier alpha value is -0.870. The van der Waals surface area contributed by atoms with Crippen molar-refractivity contribution in [2.75, 3.05) is 20.1 Å². The van der Waals surface area contributed by atoms with Crippen molar-refractivity contribution in [1.82, 2.24) is 20.0 Å². The molecule has 0 aliphatic heterocycles. The molecular weight excluding hydrogens is 224 g/mol. The lowest BCUT2D eigenvalue weighted by Crippen LogP contribution is -2.32. The Morgan fingerprint density at radius 3 is 2.61 bits per heavy atom. The Morgan fingerprint density at radius 1 is 1.44 bits per heavy atom. The largest absolute Gasteiger partial charge is 0.309 e. The van der Waals surface area contributed by atoms with Gasteiger partial charge in [0.1, 0.15) is 0 Å². The fraction of sp³-hybridized carbons (Fsp3) is 0.786. The predicted molar refractivity (Wildman–Crippen MR) is 74.8 cm³/mol. The van der Waals surface area contributed by atoms with Crippen LogP contribution < -0.4 is 5.32 Å². The highest BCUT2D eigenvalue weighted by Crippen LogP contribution is 2.25. The zero-order chi connectivity index (χ0) is 13.3. The summed E-state index contributed by atoms with van der Waals surface area (Å²) in [4.78, 5) is 2.46. The van der Waals surface area contributed by atoms with Gasteiger partial charge in [-0.25, -0.2) is 0 Å². The second-order valence-corrected chi connectivity index (χ2v) is 5.60. The van der Waals surface area contributed by atoms with Crippen LogP contribution in [0, 0.1) is 13.8 Å². The number of hydrogen-bond donors (Lipinski definition) is 1. The van der Waals surface area contributed by atoms with Gasteiger partial charge >= 0.3 is 0 Å². The molecule has 1 fully saturated rings. The molecule has 1 aliphatic carbocycles. The molecule has 1 aromatic heterocycles. The smallest absolute Gasteiger partial charge is 0.0644 e. The minimum Gasteiger partial charge on any atom is -0.309 e. The van der Waals surface area contributed by atoms with Gasteiger partial charge in [0.2, 0.25) is 0 Å². The van der Waals surface area contributed by atoms with Gasteiger partial charge in [0.05, 0.1) is 5.69 Å². The third-order valence-electron chi connectivity index (χ3n) is 4.08. The number of nitrogens with one attached hydrogen (secondary N) is 1. The number of hydrogen-bond acceptors (Lipinski definition) is 3. The lowest BCUT2D eigenvalue weighted by Gasteiger charge is -2.19. The average Bonchev–Trinajstić information content (AvgIpc) is 3.08. The molecule has 0 radical (unpaired) electrons. The molecule has 0 aromatic carbocycles. The lowest BCUT2D eigenvalue weighted by molar-refractivity contribution is 0.316. The van der Waals surface area contributed by atoms with E-state index in [-0.39, 0.29) is 0 Å². The van der Waals surface area contributed by atoms with E-state index in [9.17, 15) is 0 Å². The van der Waals surface area contributed by atoms with Crippen LogP contribution in [-0.4, -0.2) is 40.9 Å². The Bertz CT molecular complexity index is 406. The van der Waals surface area contributed by atoms with Crippen LogP contribution in [-0.2, 0) is 7.05 Å². The summed E-state index contributed by atoms with van der Waals surface area (Å²) in [6.07, 6.45) is 2.76. The Balaban J connectivity index is 1.85. The van der Waals surface area contributed by atoms with Crippen molar-refractivity contribution in [1.29, 1.82) is 0 Å². The summed E-state index contributed by atoms with van der Waals surface area (Å²) in [5.41, 5.74) is 3.76. The third kappa shape index (κ3) is 2.93. The quantitative estimate of drug-likeness (QED) is 0.835. The van der Waals surface area contributed by atoms with Gasteiger partial charge in [-0.2, -0.15) is 5.10 Å². The first-order valence-corrected chi connectivity index (χ1v) is 6.94. The van der Waals surface area contributed by atoms with Gasteiger partial charge in [-0.05, 0) is 40.7 Å². The Labute approximate surface area is 110 Å². The lowest BCUT2D eigenvalue weighted by atomic mass is 10.1. The van der Waals surface area contributed by atoms with Crippen molar-refractivity contribution in [2.24, 2.45) is 7.05 Å². The average molecular weight is 250 g/mol. The van der Waals surface area contributed by atoms with Gasteiger partial charge in [-0.15, -0.1) is 0 Å². The van der Waals surface area contributed by atoms with Crippen LogP contribution in [0.5, 0.6) is 0 Å². The molecule has 1 N–H and O–H groups in total. The van der Waals surface area contributed by atoms with Gasteiger partial charge < -0.3 is 10.2 Å². The van der Waals surface area contributed by atoms with Gasteiger partial charge in [0, 0.05) is 43.5 Å². The molecule has 1 heterocycles. The molecule has 4 heteroatoms. The number of likely N-dealkylation sites (N-methyl/N-ethyl adjacent to an activating group) is 1. The maximum atomic E-state index is 4.48. The molecule has 1 aromatic rings. The van der Waals surface area contributed by atoms with Crippen molar-refractivity contribution >= 4 is 0 Å². The monoisotopic (exact) mass is 250 g/mol. The molecule has 18 heavy (non-hydrogen) atoms. The topological polar surface area (TPSA) is 33.1 Å². The fourth-order valence-corrected chi connectivity index (χ4v) is 2.67. The minimum atomic E-state index is 0.381. The molecule has 0 saturated heterocycles. The summed E-state index contributed by atoms with van der Waals surface area (Å²) in [5.74, 6) is 0. The molecule has 0 spiro atoms. The van der Waals surface area contributed by atoms with E-state index in [1.54, 1.807) is 0 Å². The molecule has 0 bridgehead atoms. The maximum Gasteiger partial charge on any atom is 0.0644 e. The van der Waals surface area contributed by atoms with Gasteiger partial charge in [0.15, 0.2) is 0 Å². The first-order chi connectivity index (χ1) is 8.50. The van der Waals surface area contributed by atoms with E-state index in [1.165, 1.54) is 24.1 Å². The molecule has 2 rings (SSSR count). The van der Waals surface area contributed by atoms with Crippen molar-refractivity contribution in [3.63, 3.8) is 0 Å².